The van der Waals surface area contributed by atoms with Crippen LogP contribution >= 0.6 is 11.3 Å². The molecule has 3 rings (SSSR count). The van der Waals surface area contributed by atoms with Crippen molar-refractivity contribution in [1.29, 1.82) is 0 Å². The first-order valence-electron chi connectivity index (χ1n) is 6.71. The van der Waals surface area contributed by atoms with E-state index in [-0.39, 0.29) is 5.91 Å². The molecule has 8 heteroatoms. The zero-order valence-electron chi connectivity index (χ0n) is 11.6. The van der Waals surface area contributed by atoms with Gasteiger partial charge in [-0.05, 0) is 29.6 Å². The van der Waals surface area contributed by atoms with E-state index in [1.54, 1.807) is 23.1 Å². The van der Waals surface area contributed by atoms with Gasteiger partial charge in [0.1, 0.15) is 5.82 Å². The second-order valence-electron chi connectivity index (χ2n) is 4.42. The van der Waals surface area contributed by atoms with Crippen LogP contribution in [0, 0.1) is 0 Å². The minimum Gasteiger partial charge on any atom is -0.367 e. The van der Waals surface area contributed by atoms with E-state index in [1.807, 2.05) is 29.0 Å². The van der Waals surface area contributed by atoms with Crippen LogP contribution in [0.2, 0.25) is 0 Å². The number of hydrogen-bond acceptors (Lipinski definition) is 6. The van der Waals surface area contributed by atoms with Crippen molar-refractivity contribution in [2.45, 2.75) is 0 Å². The number of nitrogens with one attached hydrogen (secondary N) is 2. The molecule has 0 unspecified atom stereocenters. The van der Waals surface area contributed by atoms with Gasteiger partial charge in [0.15, 0.2) is 5.82 Å². The topological polar surface area (TPSA) is 84.7 Å². The number of anilines is 1. The molecule has 0 saturated carbocycles. The van der Waals surface area contributed by atoms with Gasteiger partial charge in [-0.25, -0.2) is 4.68 Å². The molecule has 3 heterocycles. The average Bonchev–Trinajstić information content (AvgIpc) is 3.25. The lowest BCUT2D eigenvalue weighted by Crippen LogP contribution is -2.28. The smallest absolute Gasteiger partial charge is 0.252 e. The van der Waals surface area contributed by atoms with Crippen LogP contribution in [0.5, 0.6) is 0 Å². The van der Waals surface area contributed by atoms with Crippen molar-refractivity contribution >= 4 is 23.1 Å². The van der Waals surface area contributed by atoms with E-state index in [0.717, 1.165) is 0 Å². The van der Waals surface area contributed by atoms with Crippen LogP contribution in [0.4, 0.5) is 5.82 Å². The molecule has 0 radical (unpaired) electrons. The maximum Gasteiger partial charge on any atom is 0.252 e. The number of carbonyl (C=O) groups is 1. The van der Waals surface area contributed by atoms with Gasteiger partial charge >= 0.3 is 0 Å². The summed E-state index contributed by atoms with van der Waals surface area (Å²) in [7, 11) is 0. The molecule has 0 aliphatic heterocycles. The van der Waals surface area contributed by atoms with E-state index < -0.39 is 0 Å². The Bertz CT molecular complexity index is 708. The number of rotatable bonds is 6. The van der Waals surface area contributed by atoms with Crippen LogP contribution in [-0.4, -0.2) is 39.0 Å². The summed E-state index contributed by atoms with van der Waals surface area (Å²) < 4.78 is 1.64. The van der Waals surface area contributed by atoms with Crippen molar-refractivity contribution in [2.75, 3.05) is 18.4 Å². The molecule has 1 amide bonds. The minimum atomic E-state index is -0.0665. The van der Waals surface area contributed by atoms with E-state index in [4.69, 9.17) is 0 Å². The van der Waals surface area contributed by atoms with Crippen LogP contribution in [0.1, 0.15) is 10.4 Å². The summed E-state index contributed by atoms with van der Waals surface area (Å²) in [6, 6.07) is 7.27. The van der Waals surface area contributed by atoms with Gasteiger partial charge in [0.25, 0.3) is 5.91 Å². The number of amides is 1. The Hall–Kier alpha value is -2.74. The quantitative estimate of drug-likeness (QED) is 0.675. The fourth-order valence-corrected chi connectivity index (χ4v) is 2.44. The highest BCUT2D eigenvalue weighted by molar-refractivity contribution is 7.08. The molecule has 0 spiro atoms. The van der Waals surface area contributed by atoms with Crippen molar-refractivity contribution in [2.24, 2.45) is 0 Å². The Morgan fingerprint density at radius 1 is 1.23 bits per heavy atom. The molecule has 0 atom stereocenters. The van der Waals surface area contributed by atoms with Gasteiger partial charge in [0, 0.05) is 36.4 Å². The Labute approximate surface area is 131 Å². The molecule has 22 heavy (non-hydrogen) atoms. The molecular weight excluding hydrogens is 300 g/mol. The number of nitrogens with zero attached hydrogens (tertiary/aromatic N) is 4. The third kappa shape index (κ3) is 3.47. The SMILES string of the molecule is O=C(NCCNc1ccc(-n2cccn2)nn1)c1ccsc1. The highest BCUT2D eigenvalue weighted by Crippen LogP contribution is 2.06. The van der Waals surface area contributed by atoms with Crippen LogP contribution in [0.3, 0.4) is 0 Å². The Morgan fingerprint density at radius 2 is 2.18 bits per heavy atom. The molecule has 2 N–H and O–H groups in total. The molecule has 0 fully saturated rings. The first-order valence-corrected chi connectivity index (χ1v) is 7.65. The third-order valence-electron chi connectivity index (χ3n) is 2.89. The molecule has 0 saturated heterocycles. The van der Waals surface area contributed by atoms with E-state index >= 15 is 0 Å². The van der Waals surface area contributed by atoms with Crippen molar-refractivity contribution < 1.29 is 4.79 Å². The predicted molar refractivity (Wildman–Crippen MR) is 84.3 cm³/mol. The lowest BCUT2D eigenvalue weighted by Gasteiger charge is -2.07. The zero-order valence-corrected chi connectivity index (χ0v) is 12.5. The fraction of sp³-hybridized carbons (Fsp3) is 0.143. The monoisotopic (exact) mass is 314 g/mol. The fourth-order valence-electron chi connectivity index (χ4n) is 1.81. The number of aromatic nitrogens is 4. The largest absolute Gasteiger partial charge is 0.367 e. The maximum absolute atomic E-state index is 11.7. The number of carbonyl (C=O) groups excluding carboxylic acids is 1. The first kappa shape index (κ1) is 14.2. The van der Waals surface area contributed by atoms with Crippen molar-refractivity contribution in [3.05, 3.63) is 53.0 Å². The summed E-state index contributed by atoms with van der Waals surface area (Å²) in [5, 5.41) is 21.9. The molecule has 0 aliphatic rings. The first-order chi connectivity index (χ1) is 10.8. The standard InChI is InChI=1S/C14H14N6OS/c21-14(11-4-9-22-10-11)16-7-6-15-12-2-3-13(19-18-12)20-8-1-5-17-20/h1-5,8-10H,6-7H2,(H,15,18)(H,16,21). The van der Waals surface area contributed by atoms with Gasteiger partial charge < -0.3 is 10.6 Å². The Kier molecular flexibility index (Phi) is 4.40. The highest BCUT2D eigenvalue weighted by Gasteiger charge is 2.04. The van der Waals surface area contributed by atoms with E-state index in [0.29, 0.717) is 30.3 Å². The summed E-state index contributed by atoms with van der Waals surface area (Å²) >= 11 is 1.50. The molecule has 0 bridgehead atoms. The van der Waals surface area contributed by atoms with Crippen molar-refractivity contribution in [3.8, 4) is 5.82 Å². The highest BCUT2D eigenvalue weighted by atomic mass is 32.1. The lowest BCUT2D eigenvalue weighted by atomic mass is 10.3. The van der Waals surface area contributed by atoms with Crippen molar-refractivity contribution in [3.63, 3.8) is 0 Å². The molecule has 112 valence electrons. The van der Waals surface area contributed by atoms with Crippen LogP contribution < -0.4 is 10.6 Å². The zero-order chi connectivity index (χ0) is 15.2. The average molecular weight is 314 g/mol. The van der Waals surface area contributed by atoms with E-state index in [9.17, 15) is 4.79 Å². The Balaban J connectivity index is 1.45. The summed E-state index contributed by atoms with van der Waals surface area (Å²) in [6.45, 7) is 1.09. The van der Waals surface area contributed by atoms with Gasteiger partial charge in [-0.1, -0.05) is 0 Å². The summed E-state index contributed by atoms with van der Waals surface area (Å²) in [4.78, 5) is 11.7. The van der Waals surface area contributed by atoms with Gasteiger partial charge in [-0.15, -0.1) is 10.2 Å². The molecule has 0 aliphatic carbocycles. The number of thiophene rings is 1. The number of hydrogen-bond donors (Lipinski definition) is 2. The van der Waals surface area contributed by atoms with Gasteiger partial charge in [-0.3, -0.25) is 4.79 Å². The van der Waals surface area contributed by atoms with Gasteiger partial charge in [0.05, 0.1) is 0 Å². The van der Waals surface area contributed by atoms with Gasteiger partial charge in [0.2, 0.25) is 0 Å². The summed E-state index contributed by atoms with van der Waals surface area (Å²) in [5.41, 5.74) is 0.688. The van der Waals surface area contributed by atoms with Crippen LogP contribution in [-0.2, 0) is 0 Å². The second kappa shape index (κ2) is 6.81. The minimum absolute atomic E-state index is 0.0665. The summed E-state index contributed by atoms with van der Waals surface area (Å²) in [5.74, 6) is 1.24. The van der Waals surface area contributed by atoms with E-state index in [2.05, 4.69) is 25.9 Å². The molecular formula is C14H14N6OS. The van der Waals surface area contributed by atoms with Crippen molar-refractivity contribution in [1.82, 2.24) is 25.3 Å². The second-order valence-corrected chi connectivity index (χ2v) is 5.20. The van der Waals surface area contributed by atoms with Crippen LogP contribution in [0.25, 0.3) is 5.82 Å². The Morgan fingerprint density at radius 3 is 2.86 bits per heavy atom. The predicted octanol–water partition coefficient (Wildman–Crippen LogP) is 1.57. The molecule has 7 nitrogen and oxygen atoms in total. The normalized spacial score (nSPS) is 10.4. The summed E-state index contributed by atoms with van der Waals surface area (Å²) in [6.07, 6.45) is 3.49. The van der Waals surface area contributed by atoms with Gasteiger partial charge in [-0.2, -0.15) is 16.4 Å². The lowest BCUT2D eigenvalue weighted by molar-refractivity contribution is 0.0955. The molecule has 3 aromatic rings. The molecule has 3 aromatic heterocycles. The maximum atomic E-state index is 11.7. The third-order valence-corrected chi connectivity index (χ3v) is 3.57. The molecule has 0 aromatic carbocycles. The van der Waals surface area contributed by atoms with E-state index in [1.165, 1.54) is 11.3 Å². The van der Waals surface area contributed by atoms with Crippen LogP contribution in [0.15, 0.2) is 47.4 Å².